The molecule has 0 aromatic heterocycles. The van der Waals surface area contributed by atoms with E-state index in [-0.39, 0.29) is 5.91 Å². The van der Waals surface area contributed by atoms with E-state index in [4.69, 9.17) is 23.2 Å². The summed E-state index contributed by atoms with van der Waals surface area (Å²) in [6.07, 6.45) is 2.39. The second-order valence-corrected chi connectivity index (χ2v) is 6.14. The molecule has 1 N–H and O–H groups in total. The van der Waals surface area contributed by atoms with E-state index in [2.05, 4.69) is 5.32 Å². The zero-order chi connectivity index (χ0) is 13.4. The molecular weight excluding hydrogens is 283 g/mol. The third kappa shape index (κ3) is 2.60. The lowest BCUT2D eigenvalue weighted by Crippen LogP contribution is -2.41. The average Bonchev–Trinajstić information content (AvgIpc) is 2.84. The molecule has 0 aliphatic carbocycles. The monoisotopic (exact) mass is 298 g/mol. The molecular formula is C14H16Cl2N2O. The molecule has 0 saturated carbocycles. The van der Waals surface area contributed by atoms with Crippen LogP contribution in [0, 0.1) is 5.92 Å². The Morgan fingerprint density at radius 1 is 1.32 bits per heavy atom. The van der Waals surface area contributed by atoms with Crippen LogP contribution in [0.1, 0.15) is 23.2 Å². The van der Waals surface area contributed by atoms with Crippen molar-refractivity contribution in [1.82, 2.24) is 10.2 Å². The first-order chi connectivity index (χ1) is 9.15. The highest BCUT2D eigenvalue weighted by atomic mass is 35.5. The van der Waals surface area contributed by atoms with Crippen molar-refractivity contribution in [3.05, 3.63) is 33.8 Å². The zero-order valence-corrected chi connectivity index (χ0v) is 12.0. The van der Waals surface area contributed by atoms with Crippen LogP contribution in [0.5, 0.6) is 0 Å². The van der Waals surface area contributed by atoms with E-state index in [1.807, 2.05) is 4.90 Å². The molecule has 1 amide bonds. The molecule has 1 aromatic rings. The topological polar surface area (TPSA) is 32.3 Å². The van der Waals surface area contributed by atoms with Gasteiger partial charge in [-0.3, -0.25) is 4.79 Å². The molecule has 2 atom stereocenters. The average molecular weight is 299 g/mol. The summed E-state index contributed by atoms with van der Waals surface area (Å²) in [5, 5.41) is 4.50. The van der Waals surface area contributed by atoms with E-state index in [0.717, 1.165) is 19.6 Å². The number of carbonyl (C=O) groups excluding carboxylic acids is 1. The van der Waals surface area contributed by atoms with Gasteiger partial charge in [0.15, 0.2) is 0 Å². The summed E-state index contributed by atoms with van der Waals surface area (Å²) in [5.74, 6) is 0.569. The molecule has 0 spiro atoms. The van der Waals surface area contributed by atoms with E-state index in [9.17, 15) is 4.79 Å². The highest BCUT2D eigenvalue weighted by Gasteiger charge is 2.37. The highest BCUT2D eigenvalue weighted by molar-refractivity contribution is 6.35. The van der Waals surface area contributed by atoms with Gasteiger partial charge in [-0.15, -0.1) is 0 Å². The van der Waals surface area contributed by atoms with Crippen molar-refractivity contribution in [2.45, 2.75) is 18.9 Å². The molecule has 3 rings (SSSR count). The van der Waals surface area contributed by atoms with Crippen LogP contribution in [-0.4, -0.2) is 36.5 Å². The fraction of sp³-hybridized carbons (Fsp3) is 0.500. The normalized spacial score (nSPS) is 26.3. The lowest BCUT2D eigenvalue weighted by Gasteiger charge is -2.24. The minimum absolute atomic E-state index is 0.0105. The number of rotatable bonds is 1. The molecule has 2 saturated heterocycles. The van der Waals surface area contributed by atoms with Crippen LogP contribution in [0.2, 0.25) is 10.0 Å². The van der Waals surface area contributed by atoms with E-state index in [1.54, 1.807) is 18.2 Å². The van der Waals surface area contributed by atoms with Crippen molar-refractivity contribution in [2.24, 2.45) is 5.92 Å². The summed E-state index contributed by atoms with van der Waals surface area (Å²) in [7, 11) is 0. The van der Waals surface area contributed by atoms with Crippen LogP contribution in [0.4, 0.5) is 0 Å². The molecule has 5 heteroatoms. The Hall–Kier alpha value is -0.770. The number of benzene rings is 1. The van der Waals surface area contributed by atoms with Gasteiger partial charge in [0, 0.05) is 24.2 Å². The van der Waals surface area contributed by atoms with Gasteiger partial charge in [-0.1, -0.05) is 23.2 Å². The maximum absolute atomic E-state index is 12.5. The van der Waals surface area contributed by atoms with Crippen molar-refractivity contribution in [3.63, 3.8) is 0 Å². The summed E-state index contributed by atoms with van der Waals surface area (Å²) in [6, 6.07) is 5.47. The molecule has 2 fully saturated rings. The van der Waals surface area contributed by atoms with E-state index in [0.29, 0.717) is 27.6 Å². The van der Waals surface area contributed by atoms with Gasteiger partial charge in [0.2, 0.25) is 0 Å². The third-order valence-electron chi connectivity index (χ3n) is 4.05. The van der Waals surface area contributed by atoms with Gasteiger partial charge in [-0.05, 0) is 43.5 Å². The smallest absolute Gasteiger partial charge is 0.255 e. The Bertz CT molecular complexity index is 492. The Morgan fingerprint density at radius 3 is 2.95 bits per heavy atom. The van der Waals surface area contributed by atoms with Crippen LogP contribution in [0.15, 0.2) is 18.2 Å². The van der Waals surface area contributed by atoms with Gasteiger partial charge in [0.1, 0.15) is 0 Å². The number of nitrogens with one attached hydrogen (secondary N) is 1. The number of nitrogens with zero attached hydrogens (tertiary/aromatic N) is 1. The Labute approximate surface area is 122 Å². The fourth-order valence-electron chi connectivity index (χ4n) is 3.04. The number of fused-ring (bicyclic) bond motifs is 1. The zero-order valence-electron chi connectivity index (χ0n) is 10.5. The molecule has 1 aromatic carbocycles. The standard InChI is InChI=1S/C14H16Cl2N2O/c15-10-3-4-12(16)11(6-10)14(19)18-7-9-2-1-5-17-13(9)8-18/h3-4,6,9,13,17H,1-2,5,7-8H2/t9-,13+/m0/s1. The predicted molar refractivity (Wildman–Crippen MR) is 76.9 cm³/mol. The van der Waals surface area contributed by atoms with Crippen LogP contribution in [-0.2, 0) is 0 Å². The SMILES string of the molecule is O=C(c1cc(Cl)ccc1Cl)N1C[C@@H]2CCCN[C@@H]2C1. The first-order valence-corrected chi connectivity index (χ1v) is 7.38. The quantitative estimate of drug-likeness (QED) is 0.865. The second-order valence-electron chi connectivity index (χ2n) is 5.30. The maximum atomic E-state index is 12.5. The molecule has 2 heterocycles. The first-order valence-electron chi connectivity index (χ1n) is 6.63. The van der Waals surface area contributed by atoms with Gasteiger partial charge >= 0.3 is 0 Å². The molecule has 0 unspecified atom stereocenters. The van der Waals surface area contributed by atoms with Gasteiger partial charge in [0.25, 0.3) is 5.91 Å². The fourth-order valence-corrected chi connectivity index (χ4v) is 3.41. The van der Waals surface area contributed by atoms with Crippen molar-refractivity contribution in [2.75, 3.05) is 19.6 Å². The third-order valence-corrected chi connectivity index (χ3v) is 4.61. The number of hydrogen-bond acceptors (Lipinski definition) is 2. The molecule has 2 aliphatic rings. The van der Waals surface area contributed by atoms with Gasteiger partial charge in [-0.25, -0.2) is 0 Å². The van der Waals surface area contributed by atoms with Crippen molar-refractivity contribution < 1.29 is 4.79 Å². The Morgan fingerprint density at radius 2 is 2.16 bits per heavy atom. The lowest BCUT2D eigenvalue weighted by molar-refractivity contribution is 0.0786. The summed E-state index contributed by atoms with van der Waals surface area (Å²) in [4.78, 5) is 14.4. The number of carbonyl (C=O) groups is 1. The van der Waals surface area contributed by atoms with Gasteiger partial charge < -0.3 is 10.2 Å². The van der Waals surface area contributed by atoms with Crippen molar-refractivity contribution in [3.8, 4) is 0 Å². The minimum atomic E-state index is -0.0105. The number of likely N-dealkylation sites (tertiary alicyclic amines) is 1. The van der Waals surface area contributed by atoms with Gasteiger partial charge in [-0.2, -0.15) is 0 Å². The first kappa shape index (κ1) is 13.2. The van der Waals surface area contributed by atoms with Gasteiger partial charge in [0.05, 0.1) is 10.6 Å². The summed E-state index contributed by atoms with van der Waals surface area (Å²) >= 11 is 12.0. The second kappa shape index (κ2) is 5.31. The molecule has 3 nitrogen and oxygen atoms in total. The van der Waals surface area contributed by atoms with Crippen LogP contribution < -0.4 is 5.32 Å². The molecule has 0 bridgehead atoms. The van der Waals surface area contributed by atoms with E-state index < -0.39 is 0 Å². The van der Waals surface area contributed by atoms with E-state index >= 15 is 0 Å². The molecule has 0 radical (unpaired) electrons. The van der Waals surface area contributed by atoms with Crippen molar-refractivity contribution in [1.29, 1.82) is 0 Å². The molecule has 19 heavy (non-hydrogen) atoms. The van der Waals surface area contributed by atoms with E-state index in [1.165, 1.54) is 12.8 Å². The van der Waals surface area contributed by atoms with Crippen LogP contribution in [0.25, 0.3) is 0 Å². The van der Waals surface area contributed by atoms with Crippen molar-refractivity contribution >= 4 is 29.1 Å². The van der Waals surface area contributed by atoms with Crippen LogP contribution >= 0.6 is 23.2 Å². The molecule has 2 aliphatic heterocycles. The lowest BCUT2D eigenvalue weighted by atomic mass is 9.94. The van der Waals surface area contributed by atoms with Crippen LogP contribution in [0.3, 0.4) is 0 Å². The number of hydrogen-bond donors (Lipinski definition) is 1. The molecule has 102 valence electrons. The summed E-state index contributed by atoms with van der Waals surface area (Å²) in [5.41, 5.74) is 0.507. The Kier molecular flexibility index (Phi) is 3.70. The highest BCUT2D eigenvalue weighted by Crippen LogP contribution is 2.28. The predicted octanol–water partition coefficient (Wildman–Crippen LogP) is 2.82. The number of amides is 1. The minimum Gasteiger partial charge on any atom is -0.337 e. The number of piperidine rings is 1. The largest absolute Gasteiger partial charge is 0.337 e. The Balaban J connectivity index is 1.79. The number of halogens is 2. The maximum Gasteiger partial charge on any atom is 0.255 e. The summed E-state index contributed by atoms with van der Waals surface area (Å²) < 4.78 is 0. The summed E-state index contributed by atoms with van der Waals surface area (Å²) in [6.45, 7) is 2.65.